The van der Waals surface area contributed by atoms with E-state index in [9.17, 15) is 8.78 Å². The highest BCUT2D eigenvalue weighted by Gasteiger charge is 1.88. The van der Waals surface area contributed by atoms with Gasteiger partial charge in [0.25, 0.3) is 6.08 Å². The molecule has 0 unspecified atom stereocenters. The Kier molecular flexibility index (Phi) is 2.15. The summed E-state index contributed by atoms with van der Waals surface area (Å²) in [5, 5.41) is 0. The summed E-state index contributed by atoms with van der Waals surface area (Å²) in [7, 11) is 0. The summed E-state index contributed by atoms with van der Waals surface area (Å²) >= 11 is 0. The predicted molar refractivity (Wildman–Crippen MR) is 35.5 cm³/mol. The highest BCUT2D eigenvalue weighted by Crippen LogP contribution is 2.06. The van der Waals surface area contributed by atoms with E-state index < -0.39 is 6.08 Å². The number of hydrogen-bond donors (Lipinski definition) is 0. The summed E-state index contributed by atoms with van der Waals surface area (Å²) in [4.78, 5) is 0. The van der Waals surface area contributed by atoms with Crippen LogP contribution in [0.5, 0.6) is 0 Å². The lowest BCUT2D eigenvalue weighted by Gasteiger charge is -1.86. The minimum atomic E-state index is -1.68. The van der Waals surface area contributed by atoms with Crippen LogP contribution in [0.1, 0.15) is 5.56 Å². The fourth-order valence-electron chi connectivity index (χ4n) is 0.623. The first-order valence-electron chi connectivity index (χ1n) is 2.78. The Morgan fingerprint density at radius 2 is 2.30 bits per heavy atom. The quantitative estimate of drug-likeness (QED) is 0.561. The molecule has 0 bridgehead atoms. The molecule has 0 heterocycles. The monoisotopic (exact) mass is 139 g/mol. The molecule has 1 rings (SSSR count). The van der Waals surface area contributed by atoms with Crippen LogP contribution in [-0.4, -0.2) is 0 Å². The van der Waals surface area contributed by atoms with Crippen molar-refractivity contribution >= 4 is 6.08 Å². The molecule has 0 nitrogen and oxygen atoms in total. The van der Waals surface area contributed by atoms with Crippen LogP contribution in [0, 0.1) is 6.07 Å². The van der Waals surface area contributed by atoms with Gasteiger partial charge in [-0.1, -0.05) is 18.2 Å². The van der Waals surface area contributed by atoms with Crippen LogP contribution < -0.4 is 0 Å². The van der Waals surface area contributed by atoms with Gasteiger partial charge in [0.2, 0.25) is 0 Å². The first-order chi connectivity index (χ1) is 4.79. The Morgan fingerprint density at radius 1 is 1.50 bits per heavy atom. The first-order valence-corrected chi connectivity index (χ1v) is 2.78. The maximum atomic E-state index is 11.6. The van der Waals surface area contributed by atoms with Crippen molar-refractivity contribution in [2.24, 2.45) is 0 Å². The van der Waals surface area contributed by atoms with E-state index >= 15 is 0 Å². The average Bonchev–Trinajstić information content (AvgIpc) is 1.88. The molecule has 0 saturated heterocycles. The maximum absolute atomic E-state index is 11.6. The van der Waals surface area contributed by atoms with Crippen molar-refractivity contribution < 1.29 is 8.78 Å². The molecule has 0 atom stereocenters. The first kappa shape index (κ1) is 6.93. The van der Waals surface area contributed by atoms with Crippen molar-refractivity contribution in [3.05, 3.63) is 42.0 Å². The summed E-state index contributed by atoms with van der Waals surface area (Å²) in [5.41, 5.74) is 0.475. The van der Waals surface area contributed by atoms with E-state index in [1.165, 1.54) is 6.07 Å². The van der Waals surface area contributed by atoms with E-state index in [4.69, 9.17) is 0 Å². The lowest BCUT2D eigenvalue weighted by molar-refractivity contribution is 0.429. The largest absolute Gasteiger partial charge is 0.270 e. The summed E-state index contributed by atoms with van der Waals surface area (Å²) in [5.74, 6) is 0. The molecule has 2 heteroatoms. The van der Waals surface area contributed by atoms with Gasteiger partial charge in [-0.05, 0) is 17.7 Å². The fraction of sp³-hybridized carbons (Fsp3) is 0. The Bertz CT molecular complexity index is 222. The number of benzene rings is 1. The topological polar surface area (TPSA) is 0 Å². The Morgan fingerprint density at radius 3 is 2.80 bits per heavy atom. The molecule has 51 valence electrons. The molecule has 0 spiro atoms. The lowest BCUT2D eigenvalue weighted by atomic mass is 10.2. The molecule has 10 heavy (non-hydrogen) atoms. The van der Waals surface area contributed by atoms with Crippen molar-refractivity contribution in [1.29, 1.82) is 0 Å². The van der Waals surface area contributed by atoms with E-state index in [0.717, 1.165) is 6.08 Å². The molecule has 0 N–H and O–H groups in total. The summed E-state index contributed by atoms with van der Waals surface area (Å²) in [6.45, 7) is 0. The number of rotatable bonds is 1. The zero-order valence-electron chi connectivity index (χ0n) is 5.14. The second kappa shape index (κ2) is 3.11. The molecule has 0 fully saturated rings. The lowest BCUT2D eigenvalue weighted by Crippen LogP contribution is -1.68. The van der Waals surface area contributed by atoms with Gasteiger partial charge in [-0.25, -0.2) is 0 Å². The summed E-state index contributed by atoms with van der Waals surface area (Å²) in [6, 6.07) is 9.10. The number of hydrogen-bond acceptors (Lipinski definition) is 0. The van der Waals surface area contributed by atoms with Gasteiger partial charge in [0.05, 0.1) is 0 Å². The second-order valence-electron chi connectivity index (χ2n) is 1.77. The van der Waals surface area contributed by atoms with E-state index in [0.29, 0.717) is 5.56 Å². The molecule has 1 aromatic rings. The molecule has 0 aliphatic rings. The SMILES string of the molecule is FC(F)=Cc1c[c]ccc1. The number of halogens is 2. The zero-order valence-corrected chi connectivity index (χ0v) is 5.14. The maximum Gasteiger partial charge on any atom is 0.270 e. The van der Waals surface area contributed by atoms with Crippen LogP contribution in [0.2, 0.25) is 0 Å². The summed E-state index contributed by atoms with van der Waals surface area (Å²) < 4.78 is 23.1. The third-order valence-corrected chi connectivity index (χ3v) is 1.01. The predicted octanol–water partition coefficient (Wildman–Crippen LogP) is 2.72. The second-order valence-corrected chi connectivity index (χ2v) is 1.77. The van der Waals surface area contributed by atoms with Crippen molar-refractivity contribution in [2.45, 2.75) is 0 Å². The van der Waals surface area contributed by atoms with Gasteiger partial charge in [0.1, 0.15) is 0 Å². The Hall–Kier alpha value is -1.18. The molecule has 0 aliphatic heterocycles. The third-order valence-electron chi connectivity index (χ3n) is 1.01. The van der Waals surface area contributed by atoms with E-state index in [2.05, 4.69) is 6.07 Å². The van der Waals surface area contributed by atoms with Crippen molar-refractivity contribution in [3.63, 3.8) is 0 Å². The Labute approximate surface area is 57.8 Å². The van der Waals surface area contributed by atoms with Crippen LogP contribution in [0.4, 0.5) is 8.78 Å². The standard InChI is InChI=1S/C8H5F2/c9-8(10)6-7-4-2-1-3-5-7/h1-2,4-6H. The van der Waals surface area contributed by atoms with E-state index in [-0.39, 0.29) is 0 Å². The molecule has 1 radical (unpaired) electrons. The normalized spacial score (nSPS) is 9.00. The minimum absolute atomic E-state index is 0.475. The van der Waals surface area contributed by atoms with Crippen LogP contribution in [0.25, 0.3) is 6.08 Å². The summed E-state index contributed by atoms with van der Waals surface area (Å²) in [6.07, 6.45) is -0.879. The third kappa shape index (κ3) is 1.97. The van der Waals surface area contributed by atoms with Crippen LogP contribution in [0.15, 0.2) is 30.3 Å². The smallest absolute Gasteiger partial charge is 0.173 e. The van der Waals surface area contributed by atoms with E-state index in [1.54, 1.807) is 18.2 Å². The zero-order chi connectivity index (χ0) is 7.40. The van der Waals surface area contributed by atoms with Gasteiger partial charge < -0.3 is 0 Å². The molecular weight excluding hydrogens is 134 g/mol. The van der Waals surface area contributed by atoms with Gasteiger partial charge >= 0.3 is 0 Å². The highest BCUT2D eigenvalue weighted by atomic mass is 19.3. The molecule has 1 aromatic carbocycles. The van der Waals surface area contributed by atoms with Crippen LogP contribution in [-0.2, 0) is 0 Å². The van der Waals surface area contributed by atoms with Crippen molar-refractivity contribution in [2.75, 3.05) is 0 Å². The van der Waals surface area contributed by atoms with Gasteiger partial charge in [0, 0.05) is 6.08 Å². The fourth-order valence-corrected chi connectivity index (χ4v) is 0.623. The molecule has 0 amide bonds. The Balaban J connectivity index is 2.87. The van der Waals surface area contributed by atoms with Gasteiger partial charge in [0.15, 0.2) is 0 Å². The van der Waals surface area contributed by atoms with Crippen molar-refractivity contribution in [3.8, 4) is 0 Å². The average molecular weight is 139 g/mol. The molecule has 0 saturated carbocycles. The van der Waals surface area contributed by atoms with Crippen LogP contribution >= 0.6 is 0 Å². The molecule has 0 aliphatic carbocycles. The molecular formula is C8H5F2. The highest BCUT2D eigenvalue weighted by molar-refractivity contribution is 5.48. The van der Waals surface area contributed by atoms with Crippen molar-refractivity contribution in [1.82, 2.24) is 0 Å². The van der Waals surface area contributed by atoms with Gasteiger partial charge in [-0.3, -0.25) is 0 Å². The van der Waals surface area contributed by atoms with Gasteiger partial charge in [-0.2, -0.15) is 8.78 Å². The van der Waals surface area contributed by atoms with Gasteiger partial charge in [-0.15, -0.1) is 0 Å². The molecule has 0 aromatic heterocycles. The van der Waals surface area contributed by atoms with Crippen LogP contribution in [0.3, 0.4) is 0 Å². The minimum Gasteiger partial charge on any atom is -0.173 e. The van der Waals surface area contributed by atoms with E-state index in [1.807, 2.05) is 0 Å².